The Bertz CT molecular complexity index is 464. The molecule has 0 bridgehead atoms. The molecule has 104 valence electrons. The minimum Gasteiger partial charge on any atom is -0.392 e. The molecule has 0 unspecified atom stereocenters. The number of aliphatic hydroxyl groups excluding tert-OH is 1. The highest BCUT2D eigenvalue weighted by molar-refractivity contribution is 5.64. The van der Waals surface area contributed by atoms with Crippen LogP contribution in [-0.4, -0.2) is 48.2 Å². The summed E-state index contributed by atoms with van der Waals surface area (Å²) in [5.41, 5.74) is 1.30. The van der Waals surface area contributed by atoms with Crippen LogP contribution in [0.2, 0.25) is 0 Å². The minimum absolute atomic E-state index is 0.0797. The maximum Gasteiger partial charge on any atom is 0.292 e. The van der Waals surface area contributed by atoms with Crippen molar-refractivity contribution < 1.29 is 10.0 Å². The van der Waals surface area contributed by atoms with Crippen molar-refractivity contribution in [2.75, 3.05) is 38.1 Å². The van der Waals surface area contributed by atoms with Crippen LogP contribution in [0.4, 0.5) is 11.4 Å². The third-order valence-electron chi connectivity index (χ3n) is 3.48. The molecule has 1 saturated heterocycles. The SMILES string of the molecule is CN1CCCN(c2ccc(CO)cc2[N+](=O)[O-])CC1. The second kappa shape index (κ2) is 5.99. The van der Waals surface area contributed by atoms with Gasteiger partial charge in [-0.1, -0.05) is 6.07 Å². The molecule has 6 nitrogen and oxygen atoms in total. The quantitative estimate of drug-likeness (QED) is 0.657. The zero-order chi connectivity index (χ0) is 13.8. The number of aliphatic hydroxyl groups is 1. The molecule has 1 aliphatic rings. The lowest BCUT2D eigenvalue weighted by molar-refractivity contribution is -0.384. The normalized spacial score (nSPS) is 17.3. The average molecular weight is 265 g/mol. The van der Waals surface area contributed by atoms with Crippen LogP contribution < -0.4 is 4.90 Å². The van der Waals surface area contributed by atoms with E-state index < -0.39 is 0 Å². The van der Waals surface area contributed by atoms with E-state index in [2.05, 4.69) is 16.8 Å². The van der Waals surface area contributed by atoms with Crippen molar-refractivity contribution in [3.8, 4) is 0 Å². The van der Waals surface area contributed by atoms with Crippen LogP contribution >= 0.6 is 0 Å². The molecule has 1 N–H and O–H groups in total. The Balaban J connectivity index is 2.30. The molecule has 1 aromatic carbocycles. The topological polar surface area (TPSA) is 69.8 Å². The fourth-order valence-electron chi connectivity index (χ4n) is 2.37. The Kier molecular flexibility index (Phi) is 4.34. The van der Waals surface area contributed by atoms with Crippen LogP contribution in [0.3, 0.4) is 0 Å². The number of hydrogen-bond acceptors (Lipinski definition) is 5. The molecule has 1 heterocycles. The molecule has 1 fully saturated rings. The fraction of sp³-hybridized carbons (Fsp3) is 0.538. The standard InChI is InChI=1S/C13H19N3O3/c1-14-5-2-6-15(8-7-14)12-4-3-11(10-17)9-13(12)16(18)19/h3-4,9,17H,2,5-8,10H2,1H3. The third kappa shape index (κ3) is 3.21. The number of hydrogen-bond donors (Lipinski definition) is 1. The van der Waals surface area contributed by atoms with E-state index in [1.54, 1.807) is 12.1 Å². The molecule has 0 aliphatic carbocycles. The van der Waals surface area contributed by atoms with E-state index in [4.69, 9.17) is 5.11 Å². The molecular weight excluding hydrogens is 246 g/mol. The fourth-order valence-corrected chi connectivity index (χ4v) is 2.37. The van der Waals surface area contributed by atoms with Gasteiger partial charge >= 0.3 is 0 Å². The Morgan fingerprint density at radius 3 is 2.79 bits per heavy atom. The lowest BCUT2D eigenvalue weighted by Crippen LogP contribution is -2.29. The number of benzene rings is 1. The Labute approximate surface area is 112 Å². The largest absolute Gasteiger partial charge is 0.392 e. The summed E-state index contributed by atoms with van der Waals surface area (Å²) in [5.74, 6) is 0. The molecule has 2 rings (SSSR count). The van der Waals surface area contributed by atoms with Gasteiger partial charge in [0.25, 0.3) is 5.69 Å². The zero-order valence-corrected chi connectivity index (χ0v) is 11.1. The lowest BCUT2D eigenvalue weighted by atomic mass is 10.1. The van der Waals surface area contributed by atoms with Crippen molar-refractivity contribution in [3.63, 3.8) is 0 Å². The summed E-state index contributed by atoms with van der Waals surface area (Å²) in [6.07, 6.45) is 0.995. The molecule has 0 aromatic heterocycles. The second-order valence-corrected chi connectivity index (χ2v) is 4.88. The predicted octanol–water partition coefficient (Wildman–Crippen LogP) is 1.23. The van der Waals surface area contributed by atoms with Crippen molar-refractivity contribution in [1.29, 1.82) is 0 Å². The summed E-state index contributed by atoms with van der Waals surface area (Å²) in [6.45, 7) is 3.35. The van der Waals surface area contributed by atoms with Crippen LogP contribution in [0.25, 0.3) is 0 Å². The summed E-state index contributed by atoms with van der Waals surface area (Å²) >= 11 is 0. The average Bonchev–Trinajstić information content (AvgIpc) is 2.62. The van der Waals surface area contributed by atoms with Crippen LogP contribution in [0.15, 0.2) is 18.2 Å². The smallest absolute Gasteiger partial charge is 0.292 e. The van der Waals surface area contributed by atoms with E-state index >= 15 is 0 Å². The maximum atomic E-state index is 11.2. The first-order valence-electron chi connectivity index (χ1n) is 6.43. The van der Waals surface area contributed by atoms with Gasteiger partial charge in [0.2, 0.25) is 0 Å². The van der Waals surface area contributed by atoms with Gasteiger partial charge in [-0.25, -0.2) is 0 Å². The summed E-state index contributed by atoms with van der Waals surface area (Å²) in [7, 11) is 2.06. The first kappa shape index (κ1) is 13.8. The maximum absolute atomic E-state index is 11.2. The number of nitro groups is 1. The molecule has 1 aromatic rings. The van der Waals surface area contributed by atoms with Crippen LogP contribution in [-0.2, 0) is 6.61 Å². The Hall–Kier alpha value is -1.66. The number of anilines is 1. The van der Waals surface area contributed by atoms with Gasteiger partial charge in [0.15, 0.2) is 0 Å². The van der Waals surface area contributed by atoms with Gasteiger partial charge in [0.05, 0.1) is 11.5 Å². The van der Waals surface area contributed by atoms with Gasteiger partial charge in [-0.15, -0.1) is 0 Å². The van der Waals surface area contributed by atoms with E-state index in [1.165, 1.54) is 6.07 Å². The van der Waals surface area contributed by atoms with Gasteiger partial charge in [-0.05, 0) is 31.6 Å². The van der Waals surface area contributed by atoms with Gasteiger partial charge < -0.3 is 14.9 Å². The molecule has 0 atom stereocenters. The molecule has 6 heteroatoms. The second-order valence-electron chi connectivity index (χ2n) is 4.88. The monoisotopic (exact) mass is 265 g/mol. The van der Waals surface area contributed by atoms with Crippen LogP contribution in [0.5, 0.6) is 0 Å². The molecule has 19 heavy (non-hydrogen) atoms. The van der Waals surface area contributed by atoms with E-state index in [-0.39, 0.29) is 17.2 Å². The predicted molar refractivity (Wildman–Crippen MR) is 73.3 cm³/mol. The van der Waals surface area contributed by atoms with Crippen molar-refractivity contribution in [2.24, 2.45) is 0 Å². The summed E-state index contributed by atoms with van der Waals surface area (Å²) in [6, 6.07) is 4.95. The Morgan fingerprint density at radius 1 is 1.32 bits per heavy atom. The van der Waals surface area contributed by atoms with Crippen molar-refractivity contribution in [3.05, 3.63) is 33.9 Å². The van der Waals surface area contributed by atoms with Gasteiger partial charge in [-0.3, -0.25) is 10.1 Å². The molecule has 0 spiro atoms. The number of rotatable bonds is 3. The summed E-state index contributed by atoms with van der Waals surface area (Å²) in [4.78, 5) is 15.1. The Morgan fingerprint density at radius 2 is 2.11 bits per heavy atom. The first-order chi connectivity index (χ1) is 9.11. The molecule has 0 radical (unpaired) electrons. The first-order valence-corrected chi connectivity index (χ1v) is 6.43. The highest BCUT2D eigenvalue weighted by atomic mass is 16.6. The summed E-state index contributed by atoms with van der Waals surface area (Å²) < 4.78 is 0. The van der Waals surface area contributed by atoms with Gasteiger partial charge in [-0.2, -0.15) is 0 Å². The molecule has 1 aliphatic heterocycles. The van der Waals surface area contributed by atoms with E-state index in [1.807, 2.05) is 0 Å². The highest BCUT2D eigenvalue weighted by Gasteiger charge is 2.21. The number of nitrogens with zero attached hydrogens (tertiary/aromatic N) is 3. The van der Waals surface area contributed by atoms with Gasteiger partial charge in [0.1, 0.15) is 5.69 Å². The highest BCUT2D eigenvalue weighted by Crippen LogP contribution is 2.30. The van der Waals surface area contributed by atoms with E-state index in [0.717, 1.165) is 32.6 Å². The number of likely N-dealkylation sites (N-methyl/N-ethyl adjacent to an activating group) is 1. The lowest BCUT2D eigenvalue weighted by Gasteiger charge is -2.22. The van der Waals surface area contributed by atoms with Crippen LogP contribution in [0, 0.1) is 10.1 Å². The van der Waals surface area contributed by atoms with Gasteiger partial charge in [0, 0.05) is 25.7 Å². The van der Waals surface area contributed by atoms with Crippen molar-refractivity contribution >= 4 is 11.4 Å². The minimum atomic E-state index is -0.372. The molecule has 0 amide bonds. The van der Waals surface area contributed by atoms with E-state index in [0.29, 0.717) is 11.3 Å². The van der Waals surface area contributed by atoms with Crippen LogP contribution in [0.1, 0.15) is 12.0 Å². The van der Waals surface area contributed by atoms with Crippen molar-refractivity contribution in [1.82, 2.24) is 4.90 Å². The summed E-state index contributed by atoms with van der Waals surface area (Å²) in [5, 5.41) is 20.3. The van der Waals surface area contributed by atoms with Crippen molar-refractivity contribution in [2.45, 2.75) is 13.0 Å². The number of nitro benzene ring substituents is 1. The third-order valence-corrected chi connectivity index (χ3v) is 3.48. The molecule has 0 saturated carbocycles. The van der Waals surface area contributed by atoms with E-state index in [9.17, 15) is 10.1 Å². The molecular formula is C13H19N3O3. The zero-order valence-electron chi connectivity index (χ0n) is 11.1.